The molecule has 2 aromatic heterocycles. The fourth-order valence-corrected chi connectivity index (χ4v) is 4.88. The first-order chi connectivity index (χ1) is 14.5. The minimum Gasteiger partial charge on any atom is -0.366 e. The van der Waals surface area contributed by atoms with Gasteiger partial charge in [0.2, 0.25) is 5.91 Å². The minimum absolute atomic E-state index is 0.288. The zero-order valence-corrected chi connectivity index (χ0v) is 18.1. The summed E-state index contributed by atoms with van der Waals surface area (Å²) >= 11 is 4.95. The highest BCUT2D eigenvalue weighted by atomic mass is 79.9. The molecular formula is C24H15BrFN2OS. The Kier molecular flexibility index (Phi) is 4.68. The summed E-state index contributed by atoms with van der Waals surface area (Å²) in [6.45, 7) is 0.322. The molecule has 0 bridgehead atoms. The number of rotatable bonds is 4. The van der Waals surface area contributed by atoms with Crippen LogP contribution in [-0.2, 0) is 6.54 Å². The number of carbonyl (C=O) groups is 1. The number of primary amides is 1. The van der Waals surface area contributed by atoms with Gasteiger partial charge in [0.1, 0.15) is 5.82 Å². The van der Waals surface area contributed by atoms with Crippen LogP contribution in [-0.4, -0.2) is 10.5 Å². The number of hydrogen-bond acceptors (Lipinski definition) is 2. The Morgan fingerprint density at radius 3 is 2.73 bits per heavy atom. The van der Waals surface area contributed by atoms with Crippen LogP contribution in [0.1, 0.15) is 15.9 Å². The van der Waals surface area contributed by atoms with Crippen LogP contribution in [0.2, 0.25) is 0 Å². The lowest BCUT2D eigenvalue weighted by atomic mass is 10.0. The van der Waals surface area contributed by atoms with Gasteiger partial charge in [0.05, 0.1) is 17.6 Å². The maximum atomic E-state index is 14.6. The van der Waals surface area contributed by atoms with E-state index in [0.717, 1.165) is 32.2 Å². The molecule has 0 saturated heterocycles. The van der Waals surface area contributed by atoms with Gasteiger partial charge in [0, 0.05) is 31.2 Å². The predicted molar refractivity (Wildman–Crippen MR) is 123 cm³/mol. The maximum absolute atomic E-state index is 14.6. The van der Waals surface area contributed by atoms with Crippen LogP contribution in [0, 0.1) is 11.9 Å². The van der Waals surface area contributed by atoms with Gasteiger partial charge in [0.15, 0.2) is 0 Å². The van der Waals surface area contributed by atoms with E-state index < -0.39 is 5.91 Å². The van der Waals surface area contributed by atoms with Crippen molar-refractivity contribution in [3.8, 4) is 10.4 Å². The molecule has 2 N–H and O–H groups in total. The van der Waals surface area contributed by atoms with Gasteiger partial charge < -0.3 is 10.3 Å². The summed E-state index contributed by atoms with van der Waals surface area (Å²) < 4.78 is 17.3. The van der Waals surface area contributed by atoms with E-state index in [2.05, 4.69) is 34.1 Å². The van der Waals surface area contributed by atoms with E-state index in [-0.39, 0.29) is 5.82 Å². The number of thiophene rings is 1. The van der Waals surface area contributed by atoms with E-state index in [4.69, 9.17) is 5.73 Å². The molecular weight excluding hydrogens is 463 g/mol. The van der Waals surface area contributed by atoms with Crippen molar-refractivity contribution in [2.45, 2.75) is 6.54 Å². The highest BCUT2D eigenvalue weighted by molar-refractivity contribution is 9.10. The molecule has 3 nitrogen and oxygen atoms in total. The summed E-state index contributed by atoms with van der Waals surface area (Å²) in [5.74, 6) is -0.783. The fraction of sp³-hybridized carbons (Fsp3) is 0.0417. The number of fused-ring (bicyclic) bond motifs is 3. The molecule has 0 atom stereocenters. The second-order valence-electron chi connectivity index (χ2n) is 7.01. The summed E-state index contributed by atoms with van der Waals surface area (Å²) in [6, 6.07) is 21.9. The standard InChI is InChI=1S/C24H15BrFN2OS/c25-16-8-6-15(19(26)12-16)13-28-20-4-1-3-18(24(27)29)23(20)17-9-7-14(11-21(17)28)22-5-2-10-30-22/h1-8,10-12H,13H2,(H2,27,29). The van der Waals surface area contributed by atoms with Crippen molar-refractivity contribution in [3.05, 3.63) is 93.5 Å². The molecule has 1 radical (unpaired) electrons. The Balaban J connectivity index is 1.82. The van der Waals surface area contributed by atoms with E-state index >= 15 is 0 Å². The van der Waals surface area contributed by atoms with Crippen LogP contribution >= 0.6 is 27.3 Å². The Bertz CT molecular complexity index is 1420. The van der Waals surface area contributed by atoms with E-state index in [1.807, 2.05) is 34.2 Å². The Labute approximate surface area is 184 Å². The Morgan fingerprint density at radius 1 is 1.13 bits per heavy atom. The first kappa shape index (κ1) is 19.0. The normalized spacial score (nSPS) is 11.4. The van der Waals surface area contributed by atoms with E-state index in [1.165, 1.54) is 6.07 Å². The number of aromatic nitrogens is 1. The number of nitrogens with two attached hydrogens (primary N) is 1. The van der Waals surface area contributed by atoms with Crippen LogP contribution in [0.3, 0.4) is 0 Å². The fourth-order valence-electron chi connectivity index (χ4n) is 3.84. The van der Waals surface area contributed by atoms with Gasteiger partial charge in [-0.2, -0.15) is 0 Å². The van der Waals surface area contributed by atoms with Crippen LogP contribution < -0.4 is 5.73 Å². The van der Waals surface area contributed by atoms with Crippen molar-refractivity contribution in [1.82, 2.24) is 4.57 Å². The van der Waals surface area contributed by atoms with Crippen molar-refractivity contribution >= 4 is 55.0 Å². The Morgan fingerprint density at radius 2 is 2.00 bits per heavy atom. The maximum Gasteiger partial charge on any atom is 0.249 e. The third-order valence-corrected chi connectivity index (χ3v) is 6.62. The van der Waals surface area contributed by atoms with Crippen molar-refractivity contribution in [2.75, 3.05) is 0 Å². The lowest BCUT2D eigenvalue weighted by Crippen LogP contribution is -2.11. The van der Waals surface area contributed by atoms with E-state index in [1.54, 1.807) is 29.5 Å². The molecule has 1 amide bonds. The molecule has 30 heavy (non-hydrogen) atoms. The summed E-state index contributed by atoms with van der Waals surface area (Å²) in [5, 5.41) is 3.57. The summed E-state index contributed by atoms with van der Waals surface area (Å²) in [5.41, 5.74) is 9.38. The van der Waals surface area contributed by atoms with Crippen molar-refractivity contribution in [2.24, 2.45) is 5.73 Å². The number of carbonyl (C=O) groups excluding carboxylic acids is 1. The second-order valence-corrected chi connectivity index (χ2v) is 8.88. The molecule has 0 unspecified atom stereocenters. The monoisotopic (exact) mass is 477 g/mol. The van der Waals surface area contributed by atoms with Gasteiger partial charge in [-0.3, -0.25) is 4.79 Å². The molecule has 2 heterocycles. The Hall–Kier alpha value is -2.96. The molecule has 0 aliphatic carbocycles. The molecule has 0 aliphatic rings. The number of nitrogens with zero attached hydrogens (tertiary/aromatic N) is 1. The largest absolute Gasteiger partial charge is 0.366 e. The summed E-state index contributed by atoms with van der Waals surface area (Å²) in [7, 11) is 0. The highest BCUT2D eigenvalue weighted by Gasteiger charge is 2.18. The van der Waals surface area contributed by atoms with Crippen molar-refractivity contribution in [1.29, 1.82) is 0 Å². The lowest BCUT2D eigenvalue weighted by Gasteiger charge is -2.10. The van der Waals surface area contributed by atoms with Gasteiger partial charge >= 0.3 is 0 Å². The van der Waals surface area contributed by atoms with Gasteiger partial charge in [-0.05, 0) is 59.5 Å². The van der Waals surface area contributed by atoms with Crippen LogP contribution in [0.25, 0.3) is 32.2 Å². The third kappa shape index (κ3) is 3.13. The van der Waals surface area contributed by atoms with Crippen LogP contribution in [0.5, 0.6) is 0 Å². The molecule has 0 aliphatic heterocycles. The van der Waals surface area contributed by atoms with Crippen LogP contribution in [0.15, 0.2) is 70.5 Å². The molecule has 5 aromatic rings. The van der Waals surface area contributed by atoms with Crippen molar-refractivity contribution < 1.29 is 9.18 Å². The summed E-state index contributed by atoms with van der Waals surface area (Å²) in [4.78, 5) is 13.2. The number of amides is 1. The zero-order valence-electron chi connectivity index (χ0n) is 15.7. The molecule has 0 fully saturated rings. The molecule has 147 valence electrons. The van der Waals surface area contributed by atoms with Crippen LogP contribution in [0.4, 0.5) is 4.39 Å². The van der Waals surface area contributed by atoms with Gasteiger partial charge in [-0.15, -0.1) is 11.3 Å². The van der Waals surface area contributed by atoms with E-state index in [9.17, 15) is 9.18 Å². The predicted octanol–water partition coefficient (Wildman–Crippen LogP) is 6.37. The topological polar surface area (TPSA) is 48.0 Å². The number of halogens is 2. The minimum atomic E-state index is -0.495. The third-order valence-electron chi connectivity index (χ3n) is 5.21. The van der Waals surface area contributed by atoms with E-state index in [0.29, 0.717) is 22.1 Å². The van der Waals surface area contributed by atoms with Gasteiger partial charge in [-0.1, -0.05) is 34.1 Å². The first-order valence-electron chi connectivity index (χ1n) is 9.27. The highest BCUT2D eigenvalue weighted by Crippen LogP contribution is 2.36. The molecule has 5 rings (SSSR count). The smallest absolute Gasteiger partial charge is 0.249 e. The first-order valence-corrected chi connectivity index (χ1v) is 10.9. The number of hydrogen-bond donors (Lipinski definition) is 1. The van der Waals surface area contributed by atoms with Gasteiger partial charge in [0.25, 0.3) is 0 Å². The molecule has 0 saturated carbocycles. The lowest BCUT2D eigenvalue weighted by molar-refractivity contribution is 0.100. The quantitative estimate of drug-likeness (QED) is 0.321. The zero-order chi connectivity index (χ0) is 20.8. The van der Waals surface area contributed by atoms with Crippen molar-refractivity contribution in [3.63, 3.8) is 0 Å². The molecule has 0 spiro atoms. The second kappa shape index (κ2) is 7.38. The molecule has 6 heteroatoms. The molecule has 3 aromatic carbocycles. The SMILES string of the molecule is NC(=O)c1cccc2c1c1[c]cc(-c3cccs3)cc1n2Cc1ccc(Br)cc1F. The number of benzene rings is 3. The summed E-state index contributed by atoms with van der Waals surface area (Å²) in [6.07, 6.45) is 0. The van der Waals surface area contributed by atoms with Gasteiger partial charge in [-0.25, -0.2) is 4.39 Å². The average Bonchev–Trinajstić information content (AvgIpc) is 3.36. The average molecular weight is 478 g/mol.